The van der Waals surface area contributed by atoms with Gasteiger partial charge in [0.15, 0.2) is 0 Å². The number of amides is 2. The van der Waals surface area contributed by atoms with Gasteiger partial charge in [-0.05, 0) is 31.7 Å². The summed E-state index contributed by atoms with van der Waals surface area (Å²) in [4.78, 5) is 28.7. The fraction of sp³-hybridized carbons (Fsp3) is 0.600. The molecule has 1 saturated heterocycles. The molecule has 1 aromatic carbocycles. The van der Waals surface area contributed by atoms with E-state index in [0.29, 0.717) is 38.5 Å². The largest absolute Gasteiger partial charge is 0.339 e. The smallest absolute Gasteiger partial charge is 0.225 e. The van der Waals surface area contributed by atoms with Gasteiger partial charge in [-0.2, -0.15) is 0 Å². The molecule has 1 aliphatic heterocycles. The number of carbonyl (C=O) groups is 2. The lowest BCUT2D eigenvalue weighted by atomic mass is 10.1. The Morgan fingerprint density at radius 1 is 0.958 bits per heavy atom. The SMILES string of the molecule is Cc1ccc(CCC(=O)N2CCN(C(=O)C3CCCC3)CC2)cc1. The maximum atomic E-state index is 12.4. The van der Waals surface area contributed by atoms with E-state index >= 15 is 0 Å². The summed E-state index contributed by atoms with van der Waals surface area (Å²) < 4.78 is 0. The van der Waals surface area contributed by atoms with E-state index in [0.717, 1.165) is 19.3 Å². The zero-order valence-corrected chi connectivity index (χ0v) is 14.7. The van der Waals surface area contributed by atoms with E-state index in [-0.39, 0.29) is 11.8 Å². The second-order valence-corrected chi connectivity index (χ2v) is 7.17. The average molecular weight is 328 g/mol. The van der Waals surface area contributed by atoms with Gasteiger partial charge in [-0.1, -0.05) is 42.7 Å². The van der Waals surface area contributed by atoms with Crippen molar-refractivity contribution in [3.05, 3.63) is 35.4 Å². The lowest BCUT2D eigenvalue weighted by molar-refractivity contribution is -0.142. The van der Waals surface area contributed by atoms with Gasteiger partial charge < -0.3 is 9.80 Å². The molecule has 1 aliphatic carbocycles. The fourth-order valence-corrected chi connectivity index (χ4v) is 3.77. The first-order chi connectivity index (χ1) is 11.6. The minimum absolute atomic E-state index is 0.212. The van der Waals surface area contributed by atoms with Gasteiger partial charge in [-0.25, -0.2) is 0 Å². The summed E-state index contributed by atoms with van der Waals surface area (Å²) in [5, 5.41) is 0. The monoisotopic (exact) mass is 328 g/mol. The molecule has 0 bridgehead atoms. The second-order valence-electron chi connectivity index (χ2n) is 7.17. The molecular formula is C20H28N2O2. The zero-order chi connectivity index (χ0) is 16.9. The van der Waals surface area contributed by atoms with Crippen molar-refractivity contribution in [2.75, 3.05) is 26.2 Å². The summed E-state index contributed by atoms with van der Waals surface area (Å²) in [5.74, 6) is 0.775. The molecule has 0 spiro atoms. The minimum Gasteiger partial charge on any atom is -0.339 e. The van der Waals surface area contributed by atoms with Crippen LogP contribution in [0, 0.1) is 12.8 Å². The summed E-state index contributed by atoms with van der Waals surface area (Å²) in [7, 11) is 0. The van der Waals surface area contributed by atoms with E-state index in [9.17, 15) is 9.59 Å². The van der Waals surface area contributed by atoms with Crippen molar-refractivity contribution in [1.82, 2.24) is 9.80 Å². The summed E-state index contributed by atoms with van der Waals surface area (Å²) >= 11 is 0. The molecule has 0 radical (unpaired) electrons. The molecular weight excluding hydrogens is 300 g/mol. The molecule has 0 atom stereocenters. The lowest BCUT2D eigenvalue weighted by Gasteiger charge is -2.36. The van der Waals surface area contributed by atoms with Crippen LogP contribution >= 0.6 is 0 Å². The highest BCUT2D eigenvalue weighted by molar-refractivity contribution is 5.80. The van der Waals surface area contributed by atoms with Gasteiger partial charge in [0.25, 0.3) is 0 Å². The van der Waals surface area contributed by atoms with Gasteiger partial charge in [0, 0.05) is 38.5 Å². The van der Waals surface area contributed by atoms with E-state index < -0.39 is 0 Å². The fourth-order valence-electron chi connectivity index (χ4n) is 3.77. The van der Waals surface area contributed by atoms with E-state index in [4.69, 9.17) is 0 Å². The second kappa shape index (κ2) is 7.82. The summed E-state index contributed by atoms with van der Waals surface area (Å²) in [6.07, 6.45) is 5.82. The Labute approximate surface area is 144 Å². The molecule has 4 nitrogen and oxygen atoms in total. The first kappa shape index (κ1) is 17.0. The molecule has 2 amide bonds. The van der Waals surface area contributed by atoms with Crippen LogP contribution < -0.4 is 0 Å². The van der Waals surface area contributed by atoms with Crippen LogP contribution in [0.1, 0.15) is 43.2 Å². The van der Waals surface area contributed by atoms with E-state index in [1.165, 1.54) is 24.0 Å². The van der Waals surface area contributed by atoms with Crippen LogP contribution in [0.5, 0.6) is 0 Å². The quantitative estimate of drug-likeness (QED) is 0.853. The van der Waals surface area contributed by atoms with Crippen LogP contribution in [0.2, 0.25) is 0 Å². The summed E-state index contributed by atoms with van der Waals surface area (Å²) in [5.41, 5.74) is 2.46. The number of piperazine rings is 1. The molecule has 24 heavy (non-hydrogen) atoms. The molecule has 4 heteroatoms. The number of hydrogen-bond acceptors (Lipinski definition) is 2. The predicted molar refractivity (Wildman–Crippen MR) is 94.6 cm³/mol. The van der Waals surface area contributed by atoms with E-state index in [1.54, 1.807) is 0 Å². The molecule has 0 unspecified atom stereocenters. The van der Waals surface area contributed by atoms with Crippen LogP contribution in [0.4, 0.5) is 0 Å². The molecule has 0 aromatic heterocycles. The predicted octanol–water partition coefficient (Wildman–Crippen LogP) is 2.79. The van der Waals surface area contributed by atoms with Crippen molar-refractivity contribution >= 4 is 11.8 Å². The first-order valence-electron chi connectivity index (χ1n) is 9.25. The number of carbonyl (C=O) groups excluding carboxylic acids is 2. The molecule has 1 aromatic rings. The van der Waals surface area contributed by atoms with Crippen LogP contribution in [-0.4, -0.2) is 47.8 Å². The third-order valence-electron chi connectivity index (χ3n) is 5.40. The van der Waals surface area contributed by atoms with Gasteiger partial charge in [0.05, 0.1) is 0 Å². The van der Waals surface area contributed by atoms with Crippen LogP contribution in [-0.2, 0) is 16.0 Å². The maximum absolute atomic E-state index is 12.4. The molecule has 130 valence electrons. The van der Waals surface area contributed by atoms with Crippen molar-refractivity contribution in [1.29, 1.82) is 0 Å². The highest BCUT2D eigenvalue weighted by Gasteiger charge is 2.30. The standard InChI is InChI=1S/C20H28N2O2/c1-16-6-8-17(9-7-16)10-11-19(23)21-12-14-22(15-13-21)20(24)18-4-2-3-5-18/h6-9,18H,2-5,10-15H2,1H3. The van der Waals surface area contributed by atoms with Gasteiger partial charge in [-0.15, -0.1) is 0 Å². The molecule has 0 N–H and O–H groups in total. The molecule has 1 saturated carbocycles. The van der Waals surface area contributed by atoms with Crippen LogP contribution in [0.25, 0.3) is 0 Å². The van der Waals surface area contributed by atoms with Gasteiger partial charge >= 0.3 is 0 Å². The van der Waals surface area contributed by atoms with Gasteiger partial charge in [0.2, 0.25) is 11.8 Å². The van der Waals surface area contributed by atoms with Crippen molar-refractivity contribution < 1.29 is 9.59 Å². The van der Waals surface area contributed by atoms with Crippen molar-refractivity contribution in [2.45, 2.75) is 45.4 Å². The number of nitrogens with zero attached hydrogens (tertiary/aromatic N) is 2. The third kappa shape index (κ3) is 4.16. The molecule has 2 fully saturated rings. The molecule has 3 rings (SSSR count). The van der Waals surface area contributed by atoms with E-state index in [1.807, 2.05) is 9.80 Å². The normalized spacial score (nSPS) is 18.9. The van der Waals surface area contributed by atoms with Crippen LogP contribution in [0.3, 0.4) is 0 Å². The maximum Gasteiger partial charge on any atom is 0.225 e. The Kier molecular flexibility index (Phi) is 5.54. The number of benzene rings is 1. The Morgan fingerprint density at radius 2 is 1.54 bits per heavy atom. The summed E-state index contributed by atoms with van der Waals surface area (Å²) in [6, 6.07) is 8.38. The van der Waals surface area contributed by atoms with Crippen molar-refractivity contribution in [3.8, 4) is 0 Å². The Balaban J connectivity index is 1.43. The number of hydrogen-bond donors (Lipinski definition) is 0. The third-order valence-corrected chi connectivity index (χ3v) is 5.40. The lowest BCUT2D eigenvalue weighted by Crippen LogP contribution is -2.51. The Hall–Kier alpha value is -1.84. The Morgan fingerprint density at radius 3 is 2.17 bits per heavy atom. The summed E-state index contributed by atoms with van der Waals surface area (Å²) in [6.45, 7) is 4.84. The van der Waals surface area contributed by atoms with Crippen molar-refractivity contribution in [3.63, 3.8) is 0 Å². The topological polar surface area (TPSA) is 40.6 Å². The highest BCUT2D eigenvalue weighted by Crippen LogP contribution is 2.27. The first-order valence-corrected chi connectivity index (χ1v) is 9.25. The minimum atomic E-state index is 0.212. The number of rotatable bonds is 4. The highest BCUT2D eigenvalue weighted by atomic mass is 16.2. The van der Waals surface area contributed by atoms with Crippen LogP contribution in [0.15, 0.2) is 24.3 Å². The van der Waals surface area contributed by atoms with Gasteiger partial charge in [-0.3, -0.25) is 9.59 Å². The Bertz CT molecular complexity index is 568. The number of aryl methyl sites for hydroxylation is 2. The molecule has 2 aliphatic rings. The average Bonchev–Trinajstić information content (AvgIpc) is 3.15. The molecule has 1 heterocycles. The van der Waals surface area contributed by atoms with Crippen molar-refractivity contribution in [2.24, 2.45) is 5.92 Å². The van der Waals surface area contributed by atoms with E-state index in [2.05, 4.69) is 31.2 Å². The van der Waals surface area contributed by atoms with Gasteiger partial charge in [0.1, 0.15) is 0 Å². The zero-order valence-electron chi connectivity index (χ0n) is 14.7.